The third kappa shape index (κ3) is 1.45. The molecule has 1 fully saturated rings. The number of hydrogen-bond acceptors (Lipinski definition) is 1. The molecule has 0 aliphatic carbocycles. The van der Waals surface area contributed by atoms with E-state index in [0.29, 0.717) is 0 Å². The maximum atomic E-state index is 2.58. The van der Waals surface area contributed by atoms with Crippen LogP contribution < -0.4 is 0 Å². The lowest BCUT2D eigenvalue weighted by atomic mass is 10.2. The van der Waals surface area contributed by atoms with Gasteiger partial charge in [0.2, 0.25) is 0 Å². The molecule has 0 radical (unpaired) electrons. The number of likely N-dealkylation sites (tertiary alicyclic amines) is 1. The molecule has 1 nitrogen and oxygen atoms in total. The van der Waals surface area contributed by atoms with Crippen molar-refractivity contribution in [2.45, 2.75) is 39.2 Å². The quantitative estimate of drug-likeness (QED) is 0.547. The molecule has 0 aromatic rings. The Labute approximate surface area is 58.0 Å². The molecule has 0 aromatic carbocycles. The van der Waals surface area contributed by atoms with Crippen molar-refractivity contribution in [2.24, 2.45) is 0 Å². The van der Waals surface area contributed by atoms with Crippen molar-refractivity contribution in [3.8, 4) is 0 Å². The summed E-state index contributed by atoms with van der Waals surface area (Å²) in [4.78, 5) is 2.58. The van der Waals surface area contributed by atoms with E-state index < -0.39 is 0 Å². The van der Waals surface area contributed by atoms with Gasteiger partial charge in [0, 0.05) is 6.04 Å². The average molecular weight is 127 g/mol. The monoisotopic (exact) mass is 127 g/mol. The molecule has 0 amide bonds. The molecule has 0 saturated carbocycles. The standard InChI is InChI=1S/C8H17N/c1-3-8-6-5-7-9(8)4-2/h8H,3-7H2,1-2H3/t8-/m1/s1. The normalized spacial score (nSPS) is 29.3. The first-order chi connectivity index (χ1) is 4.38. The Morgan fingerprint density at radius 1 is 1.44 bits per heavy atom. The molecule has 0 spiro atoms. The van der Waals surface area contributed by atoms with E-state index in [1.54, 1.807) is 0 Å². The Morgan fingerprint density at radius 3 is 2.67 bits per heavy atom. The molecular formula is C8H17N. The van der Waals surface area contributed by atoms with Gasteiger partial charge in [-0.3, -0.25) is 0 Å². The van der Waals surface area contributed by atoms with Crippen molar-refractivity contribution in [3.05, 3.63) is 0 Å². The second-order valence-corrected chi connectivity index (χ2v) is 2.83. The van der Waals surface area contributed by atoms with Crippen molar-refractivity contribution in [1.82, 2.24) is 4.90 Å². The van der Waals surface area contributed by atoms with Crippen LogP contribution in [-0.4, -0.2) is 24.0 Å². The molecule has 0 aromatic heterocycles. The summed E-state index contributed by atoms with van der Waals surface area (Å²) in [7, 11) is 0. The van der Waals surface area contributed by atoms with Gasteiger partial charge in [0.1, 0.15) is 0 Å². The number of rotatable bonds is 2. The van der Waals surface area contributed by atoms with Crippen LogP contribution >= 0.6 is 0 Å². The molecule has 0 N–H and O–H groups in total. The fraction of sp³-hybridized carbons (Fsp3) is 1.00. The summed E-state index contributed by atoms with van der Waals surface area (Å²) in [6, 6.07) is 0.912. The highest BCUT2D eigenvalue weighted by Crippen LogP contribution is 2.18. The van der Waals surface area contributed by atoms with E-state index in [4.69, 9.17) is 0 Å². The van der Waals surface area contributed by atoms with Crippen LogP contribution in [0.4, 0.5) is 0 Å². The Morgan fingerprint density at radius 2 is 2.22 bits per heavy atom. The predicted octanol–water partition coefficient (Wildman–Crippen LogP) is 1.88. The Kier molecular flexibility index (Phi) is 2.52. The van der Waals surface area contributed by atoms with Gasteiger partial charge in [-0.2, -0.15) is 0 Å². The minimum atomic E-state index is 0.912. The smallest absolute Gasteiger partial charge is 0.00929 e. The van der Waals surface area contributed by atoms with Crippen LogP contribution in [-0.2, 0) is 0 Å². The Bertz CT molecular complexity index is 70.6. The largest absolute Gasteiger partial charge is 0.301 e. The molecule has 1 heteroatoms. The van der Waals surface area contributed by atoms with Crippen LogP contribution in [0.3, 0.4) is 0 Å². The Balaban J connectivity index is 2.32. The van der Waals surface area contributed by atoms with Crippen molar-refractivity contribution in [3.63, 3.8) is 0 Å². The van der Waals surface area contributed by atoms with Gasteiger partial charge in [-0.05, 0) is 32.4 Å². The van der Waals surface area contributed by atoms with Gasteiger partial charge in [-0.15, -0.1) is 0 Å². The lowest BCUT2D eigenvalue weighted by molar-refractivity contribution is 0.262. The van der Waals surface area contributed by atoms with E-state index in [1.807, 2.05) is 0 Å². The van der Waals surface area contributed by atoms with Crippen LogP contribution in [0.1, 0.15) is 33.1 Å². The fourth-order valence-electron chi connectivity index (χ4n) is 1.77. The second-order valence-electron chi connectivity index (χ2n) is 2.83. The number of nitrogens with zero attached hydrogens (tertiary/aromatic N) is 1. The number of hydrogen-bond donors (Lipinski definition) is 0. The van der Waals surface area contributed by atoms with Crippen molar-refractivity contribution in [1.29, 1.82) is 0 Å². The van der Waals surface area contributed by atoms with Gasteiger partial charge < -0.3 is 4.90 Å². The molecule has 1 heterocycles. The molecule has 9 heavy (non-hydrogen) atoms. The molecule has 1 rings (SSSR count). The average Bonchev–Trinajstić information content (AvgIpc) is 2.33. The molecule has 1 aliphatic heterocycles. The molecule has 0 unspecified atom stereocenters. The van der Waals surface area contributed by atoms with Gasteiger partial charge in [0.15, 0.2) is 0 Å². The summed E-state index contributed by atoms with van der Waals surface area (Å²) in [5.41, 5.74) is 0. The van der Waals surface area contributed by atoms with Gasteiger partial charge in [0.05, 0.1) is 0 Å². The van der Waals surface area contributed by atoms with Gasteiger partial charge >= 0.3 is 0 Å². The van der Waals surface area contributed by atoms with E-state index in [9.17, 15) is 0 Å². The maximum absolute atomic E-state index is 2.58. The third-order valence-corrected chi connectivity index (χ3v) is 2.38. The zero-order chi connectivity index (χ0) is 6.69. The Hall–Kier alpha value is -0.0400. The zero-order valence-electron chi connectivity index (χ0n) is 6.56. The van der Waals surface area contributed by atoms with E-state index >= 15 is 0 Å². The van der Waals surface area contributed by atoms with Crippen molar-refractivity contribution < 1.29 is 0 Å². The first-order valence-electron chi connectivity index (χ1n) is 4.12. The lowest BCUT2D eigenvalue weighted by Crippen LogP contribution is -2.28. The van der Waals surface area contributed by atoms with Gasteiger partial charge in [-0.25, -0.2) is 0 Å². The van der Waals surface area contributed by atoms with Crippen molar-refractivity contribution in [2.75, 3.05) is 13.1 Å². The van der Waals surface area contributed by atoms with Crippen molar-refractivity contribution >= 4 is 0 Å². The third-order valence-electron chi connectivity index (χ3n) is 2.38. The predicted molar refractivity (Wildman–Crippen MR) is 40.6 cm³/mol. The molecule has 1 aliphatic rings. The maximum Gasteiger partial charge on any atom is 0.00929 e. The van der Waals surface area contributed by atoms with E-state index in [-0.39, 0.29) is 0 Å². The first-order valence-corrected chi connectivity index (χ1v) is 4.12. The van der Waals surface area contributed by atoms with E-state index in [1.165, 1.54) is 32.4 Å². The van der Waals surface area contributed by atoms with Gasteiger partial charge in [0.25, 0.3) is 0 Å². The van der Waals surface area contributed by atoms with Crippen LogP contribution in [0.25, 0.3) is 0 Å². The highest BCUT2D eigenvalue weighted by molar-refractivity contribution is 4.76. The molecule has 0 bridgehead atoms. The second kappa shape index (κ2) is 3.21. The minimum Gasteiger partial charge on any atom is -0.301 e. The first kappa shape index (κ1) is 7.07. The van der Waals surface area contributed by atoms with Crippen LogP contribution in [0.5, 0.6) is 0 Å². The summed E-state index contributed by atoms with van der Waals surface area (Å²) in [6.07, 6.45) is 4.20. The topological polar surface area (TPSA) is 3.24 Å². The van der Waals surface area contributed by atoms with Crippen LogP contribution in [0.15, 0.2) is 0 Å². The molecule has 1 atom stereocenters. The highest BCUT2D eigenvalue weighted by Gasteiger charge is 2.20. The zero-order valence-corrected chi connectivity index (χ0v) is 6.56. The summed E-state index contributed by atoms with van der Waals surface area (Å²) >= 11 is 0. The molecular weight excluding hydrogens is 110 g/mol. The summed E-state index contributed by atoms with van der Waals surface area (Å²) in [6.45, 7) is 7.14. The fourth-order valence-corrected chi connectivity index (χ4v) is 1.77. The van der Waals surface area contributed by atoms with E-state index in [0.717, 1.165) is 6.04 Å². The van der Waals surface area contributed by atoms with Crippen LogP contribution in [0, 0.1) is 0 Å². The highest BCUT2D eigenvalue weighted by atomic mass is 15.2. The lowest BCUT2D eigenvalue weighted by Gasteiger charge is -2.20. The summed E-state index contributed by atoms with van der Waals surface area (Å²) in [5, 5.41) is 0. The van der Waals surface area contributed by atoms with Gasteiger partial charge in [-0.1, -0.05) is 13.8 Å². The SMILES string of the molecule is CC[C@@H]1CCCN1CC. The summed E-state index contributed by atoms with van der Waals surface area (Å²) < 4.78 is 0. The molecule has 1 saturated heterocycles. The summed E-state index contributed by atoms with van der Waals surface area (Å²) in [5.74, 6) is 0. The van der Waals surface area contributed by atoms with Crippen LogP contribution in [0.2, 0.25) is 0 Å². The minimum absolute atomic E-state index is 0.912. The van der Waals surface area contributed by atoms with E-state index in [2.05, 4.69) is 18.7 Å². The molecule has 54 valence electrons.